The molecule has 1 aliphatic carbocycles. The number of para-hydroxylation sites is 1. The zero-order chi connectivity index (χ0) is 16.6. The molecule has 1 aromatic carbocycles. The lowest BCUT2D eigenvalue weighted by Crippen LogP contribution is -2.35. The van der Waals surface area contributed by atoms with Gasteiger partial charge >= 0.3 is 6.01 Å². The van der Waals surface area contributed by atoms with Crippen LogP contribution in [-0.4, -0.2) is 51.1 Å². The van der Waals surface area contributed by atoms with E-state index in [-0.39, 0.29) is 12.6 Å². The third-order valence-electron chi connectivity index (χ3n) is 4.38. The molecule has 0 radical (unpaired) electrons. The minimum absolute atomic E-state index is 0.158. The molecule has 0 saturated heterocycles. The lowest BCUT2D eigenvalue weighted by molar-refractivity contribution is 0.0980. The van der Waals surface area contributed by atoms with Crippen molar-refractivity contribution >= 4 is 0 Å². The van der Waals surface area contributed by atoms with Crippen LogP contribution in [0.4, 0.5) is 0 Å². The Bertz CT molecular complexity index is 598. The molecule has 7 heteroatoms. The number of nitrogens with zero attached hydrogens (tertiary/aromatic N) is 4. The van der Waals surface area contributed by atoms with Crippen LogP contribution in [-0.2, 0) is 0 Å². The SMILES string of the molecule is OC(CNCC1CCCCC1)COc1nnnn1-c1ccccc1. The predicted octanol–water partition coefficient (Wildman–Crippen LogP) is 1.57. The first-order chi connectivity index (χ1) is 11.8. The normalized spacial score (nSPS) is 16.9. The van der Waals surface area contributed by atoms with Gasteiger partial charge in [-0.3, -0.25) is 0 Å². The molecule has 1 heterocycles. The number of aliphatic hydroxyl groups excluding tert-OH is 1. The second-order valence-electron chi connectivity index (χ2n) is 6.34. The highest BCUT2D eigenvalue weighted by Gasteiger charge is 2.15. The van der Waals surface area contributed by atoms with Gasteiger partial charge < -0.3 is 15.2 Å². The first-order valence-electron chi connectivity index (χ1n) is 8.68. The molecule has 2 aromatic rings. The molecular formula is C17H25N5O2. The number of nitrogens with one attached hydrogen (secondary N) is 1. The Labute approximate surface area is 142 Å². The summed E-state index contributed by atoms with van der Waals surface area (Å²) in [5, 5.41) is 24.8. The van der Waals surface area contributed by atoms with Gasteiger partial charge in [0.05, 0.1) is 5.69 Å². The molecule has 0 spiro atoms. The number of aromatic nitrogens is 4. The average Bonchev–Trinajstić information content (AvgIpc) is 3.10. The van der Waals surface area contributed by atoms with E-state index in [1.807, 2.05) is 30.3 Å². The van der Waals surface area contributed by atoms with Crippen molar-refractivity contribution in [2.75, 3.05) is 19.7 Å². The van der Waals surface area contributed by atoms with Gasteiger partial charge in [0.2, 0.25) is 0 Å². The molecule has 1 fully saturated rings. The van der Waals surface area contributed by atoms with E-state index in [9.17, 15) is 5.11 Å². The van der Waals surface area contributed by atoms with Crippen LogP contribution in [0.5, 0.6) is 6.01 Å². The molecule has 1 atom stereocenters. The number of ether oxygens (including phenoxy) is 1. The number of hydrogen-bond donors (Lipinski definition) is 2. The van der Waals surface area contributed by atoms with Crippen LogP contribution in [0.25, 0.3) is 5.69 Å². The summed E-state index contributed by atoms with van der Waals surface area (Å²) in [6, 6.07) is 9.82. The number of aliphatic hydroxyl groups is 1. The Morgan fingerprint density at radius 1 is 1.21 bits per heavy atom. The van der Waals surface area contributed by atoms with Crippen LogP contribution >= 0.6 is 0 Å². The molecule has 1 saturated carbocycles. The minimum atomic E-state index is -0.588. The lowest BCUT2D eigenvalue weighted by atomic mass is 9.89. The van der Waals surface area contributed by atoms with Crippen molar-refractivity contribution in [3.63, 3.8) is 0 Å². The number of hydrogen-bond acceptors (Lipinski definition) is 6. The number of tetrazole rings is 1. The first kappa shape index (κ1) is 16.9. The monoisotopic (exact) mass is 331 g/mol. The van der Waals surface area contributed by atoms with E-state index in [0.29, 0.717) is 6.54 Å². The van der Waals surface area contributed by atoms with Crippen LogP contribution in [0.2, 0.25) is 0 Å². The largest absolute Gasteiger partial charge is 0.459 e. The minimum Gasteiger partial charge on any atom is -0.459 e. The molecule has 3 rings (SSSR count). The van der Waals surface area contributed by atoms with Crippen LogP contribution in [0.15, 0.2) is 30.3 Å². The maximum atomic E-state index is 10.1. The smallest absolute Gasteiger partial charge is 0.340 e. The molecule has 7 nitrogen and oxygen atoms in total. The molecule has 2 N–H and O–H groups in total. The van der Waals surface area contributed by atoms with Gasteiger partial charge in [0.25, 0.3) is 0 Å². The van der Waals surface area contributed by atoms with Crippen molar-refractivity contribution in [3.8, 4) is 11.7 Å². The molecule has 1 unspecified atom stereocenters. The summed E-state index contributed by atoms with van der Waals surface area (Å²) in [4.78, 5) is 0. The molecular weight excluding hydrogens is 306 g/mol. The van der Waals surface area contributed by atoms with Crippen LogP contribution in [0.3, 0.4) is 0 Å². The van der Waals surface area contributed by atoms with E-state index in [1.165, 1.54) is 36.8 Å². The van der Waals surface area contributed by atoms with Gasteiger partial charge in [-0.15, -0.1) is 0 Å². The highest BCUT2D eigenvalue weighted by Crippen LogP contribution is 2.22. The Balaban J connectivity index is 1.42. The van der Waals surface area contributed by atoms with Crippen LogP contribution in [0.1, 0.15) is 32.1 Å². The molecule has 0 bridgehead atoms. The third kappa shape index (κ3) is 4.75. The first-order valence-corrected chi connectivity index (χ1v) is 8.68. The zero-order valence-corrected chi connectivity index (χ0v) is 13.8. The van der Waals surface area contributed by atoms with Crippen LogP contribution in [0, 0.1) is 5.92 Å². The Morgan fingerprint density at radius 3 is 2.79 bits per heavy atom. The van der Waals surface area contributed by atoms with Gasteiger partial charge in [0, 0.05) is 6.54 Å². The number of benzene rings is 1. The fourth-order valence-electron chi connectivity index (χ4n) is 3.08. The summed E-state index contributed by atoms with van der Waals surface area (Å²) >= 11 is 0. The standard InChI is InChI=1S/C17H25N5O2/c23-16(12-18-11-14-7-3-1-4-8-14)13-24-17-19-20-21-22(17)15-9-5-2-6-10-15/h2,5-6,9-10,14,16,18,23H,1,3-4,7-8,11-13H2. The highest BCUT2D eigenvalue weighted by atomic mass is 16.5. The lowest BCUT2D eigenvalue weighted by Gasteiger charge is -2.22. The molecule has 1 aliphatic rings. The topological polar surface area (TPSA) is 85.1 Å². The van der Waals surface area contributed by atoms with E-state index in [1.54, 1.807) is 0 Å². The van der Waals surface area contributed by atoms with Gasteiger partial charge in [0.15, 0.2) is 0 Å². The fourth-order valence-corrected chi connectivity index (χ4v) is 3.08. The summed E-state index contributed by atoms with van der Waals surface area (Å²) in [5.41, 5.74) is 0.822. The number of rotatable bonds is 8. The van der Waals surface area contributed by atoms with Gasteiger partial charge in [-0.25, -0.2) is 0 Å². The summed E-state index contributed by atoms with van der Waals surface area (Å²) in [7, 11) is 0. The molecule has 130 valence electrons. The van der Waals surface area contributed by atoms with E-state index in [0.717, 1.165) is 18.2 Å². The predicted molar refractivity (Wildman–Crippen MR) is 90.1 cm³/mol. The summed E-state index contributed by atoms with van der Waals surface area (Å²) < 4.78 is 7.09. The van der Waals surface area contributed by atoms with Gasteiger partial charge in [-0.2, -0.15) is 4.68 Å². The molecule has 0 aliphatic heterocycles. The Morgan fingerprint density at radius 2 is 2.00 bits per heavy atom. The van der Waals surface area contributed by atoms with Crippen LogP contribution < -0.4 is 10.1 Å². The fraction of sp³-hybridized carbons (Fsp3) is 0.588. The maximum absolute atomic E-state index is 10.1. The van der Waals surface area contributed by atoms with Crippen molar-refractivity contribution < 1.29 is 9.84 Å². The van der Waals surface area contributed by atoms with E-state index in [2.05, 4.69) is 20.8 Å². The van der Waals surface area contributed by atoms with Gasteiger partial charge in [0.1, 0.15) is 12.7 Å². The highest BCUT2D eigenvalue weighted by molar-refractivity contribution is 5.31. The summed E-state index contributed by atoms with van der Waals surface area (Å²) in [6.07, 6.45) is 6.04. The molecule has 0 amide bonds. The van der Waals surface area contributed by atoms with Crippen molar-refractivity contribution in [2.24, 2.45) is 5.92 Å². The maximum Gasteiger partial charge on any atom is 0.340 e. The van der Waals surface area contributed by atoms with Crippen molar-refractivity contribution in [3.05, 3.63) is 30.3 Å². The second-order valence-corrected chi connectivity index (χ2v) is 6.34. The van der Waals surface area contributed by atoms with Crippen molar-refractivity contribution in [1.82, 2.24) is 25.5 Å². The van der Waals surface area contributed by atoms with E-state index < -0.39 is 6.10 Å². The van der Waals surface area contributed by atoms with E-state index in [4.69, 9.17) is 4.74 Å². The van der Waals surface area contributed by atoms with Crippen molar-refractivity contribution in [1.29, 1.82) is 0 Å². The summed E-state index contributed by atoms with van der Waals surface area (Å²) in [5.74, 6) is 0.747. The van der Waals surface area contributed by atoms with Gasteiger partial charge in [-0.05, 0) is 47.9 Å². The summed E-state index contributed by atoms with van der Waals surface area (Å²) in [6.45, 7) is 1.65. The van der Waals surface area contributed by atoms with Crippen molar-refractivity contribution in [2.45, 2.75) is 38.2 Å². The Hall–Kier alpha value is -1.99. The third-order valence-corrected chi connectivity index (χ3v) is 4.38. The van der Waals surface area contributed by atoms with Gasteiger partial charge in [-0.1, -0.05) is 42.6 Å². The molecule has 1 aromatic heterocycles. The zero-order valence-electron chi connectivity index (χ0n) is 13.8. The quantitative estimate of drug-likeness (QED) is 0.764. The molecule has 24 heavy (non-hydrogen) atoms. The Kier molecular flexibility index (Phi) is 6.14. The second kappa shape index (κ2) is 8.75. The van der Waals surface area contributed by atoms with E-state index >= 15 is 0 Å². The average molecular weight is 331 g/mol.